The van der Waals surface area contributed by atoms with E-state index in [-0.39, 0.29) is 12.5 Å². The van der Waals surface area contributed by atoms with Crippen LogP contribution in [0.5, 0.6) is 0 Å². The van der Waals surface area contributed by atoms with Gasteiger partial charge in [-0.15, -0.1) is 0 Å². The third kappa shape index (κ3) is 4.88. The second-order valence-corrected chi connectivity index (χ2v) is 5.51. The van der Waals surface area contributed by atoms with Crippen molar-refractivity contribution in [3.8, 4) is 0 Å². The predicted octanol–water partition coefficient (Wildman–Crippen LogP) is 3.69. The fourth-order valence-electron chi connectivity index (χ4n) is 1.90. The van der Waals surface area contributed by atoms with Crippen LogP contribution in [0.3, 0.4) is 0 Å². The summed E-state index contributed by atoms with van der Waals surface area (Å²) in [6.07, 6.45) is 0. The Kier molecular flexibility index (Phi) is 5.37. The molecular formula is C17H19ClN2O. The monoisotopic (exact) mass is 302 g/mol. The number of hydrogen-bond acceptors (Lipinski definition) is 2. The molecule has 2 N–H and O–H groups in total. The number of carbonyl (C=O) groups is 1. The lowest BCUT2D eigenvalue weighted by molar-refractivity contribution is -0.115. The fourth-order valence-corrected chi connectivity index (χ4v) is 2.08. The van der Waals surface area contributed by atoms with Crippen molar-refractivity contribution >= 4 is 23.2 Å². The average Bonchev–Trinajstić information content (AvgIpc) is 2.45. The minimum atomic E-state index is -0.0815. The molecule has 2 aromatic rings. The Morgan fingerprint density at radius 3 is 2.48 bits per heavy atom. The second-order valence-electron chi connectivity index (χ2n) is 5.10. The van der Waals surface area contributed by atoms with Gasteiger partial charge >= 0.3 is 0 Å². The van der Waals surface area contributed by atoms with Gasteiger partial charge in [-0.2, -0.15) is 0 Å². The highest BCUT2D eigenvalue weighted by Gasteiger charge is 2.03. The molecule has 0 heterocycles. The van der Waals surface area contributed by atoms with E-state index < -0.39 is 0 Å². The van der Waals surface area contributed by atoms with Crippen LogP contribution in [0.4, 0.5) is 5.69 Å². The van der Waals surface area contributed by atoms with Crippen molar-refractivity contribution in [1.29, 1.82) is 0 Å². The van der Waals surface area contributed by atoms with Gasteiger partial charge in [0.15, 0.2) is 0 Å². The minimum Gasteiger partial charge on any atom is -0.325 e. The molecule has 4 heteroatoms. The first-order chi connectivity index (χ1) is 10.0. The summed E-state index contributed by atoms with van der Waals surface area (Å²) in [4.78, 5) is 11.8. The van der Waals surface area contributed by atoms with Gasteiger partial charge in [-0.25, -0.2) is 0 Å². The Morgan fingerprint density at radius 2 is 1.81 bits per heavy atom. The van der Waals surface area contributed by atoms with Gasteiger partial charge in [-0.05, 0) is 37.1 Å². The standard InChI is InChI=1S/C17H19ClN2O/c1-12-3-6-14(7-4-12)10-19-11-17(21)20-15-8-5-13(2)16(18)9-15/h3-9,19H,10-11H2,1-2H3,(H,20,21). The molecule has 0 saturated carbocycles. The number of rotatable bonds is 5. The van der Waals surface area contributed by atoms with Crippen LogP contribution >= 0.6 is 11.6 Å². The molecule has 0 aliphatic carbocycles. The minimum absolute atomic E-state index is 0.0815. The molecule has 2 aromatic carbocycles. The van der Waals surface area contributed by atoms with Gasteiger partial charge in [0.2, 0.25) is 5.91 Å². The summed E-state index contributed by atoms with van der Waals surface area (Å²) in [5.74, 6) is -0.0815. The Hall–Kier alpha value is -1.84. The molecule has 21 heavy (non-hydrogen) atoms. The van der Waals surface area contributed by atoms with Gasteiger partial charge in [-0.1, -0.05) is 47.5 Å². The maximum atomic E-state index is 11.8. The number of halogens is 1. The maximum absolute atomic E-state index is 11.8. The molecule has 0 spiro atoms. The molecule has 0 radical (unpaired) electrons. The van der Waals surface area contributed by atoms with Crippen LogP contribution in [0.1, 0.15) is 16.7 Å². The van der Waals surface area contributed by atoms with Crippen molar-refractivity contribution < 1.29 is 4.79 Å². The second kappa shape index (κ2) is 7.25. The SMILES string of the molecule is Cc1ccc(CNCC(=O)Nc2ccc(C)c(Cl)c2)cc1. The van der Waals surface area contributed by atoms with Crippen molar-refractivity contribution in [1.82, 2.24) is 5.32 Å². The topological polar surface area (TPSA) is 41.1 Å². The predicted molar refractivity (Wildman–Crippen MR) is 87.7 cm³/mol. The first-order valence-corrected chi connectivity index (χ1v) is 7.24. The molecule has 0 unspecified atom stereocenters. The van der Waals surface area contributed by atoms with E-state index in [1.54, 1.807) is 6.07 Å². The van der Waals surface area contributed by atoms with Crippen molar-refractivity contribution in [3.05, 3.63) is 64.2 Å². The molecule has 0 saturated heterocycles. The first kappa shape index (κ1) is 15.5. The van der Waals surface area contributed by atoms with E-state index in [4.69, 9.17) is 11.6 Å². The van der Waals surface area contributed by atoms with Crippen LogP contribution < -0.4 is 10.6 Å². The smallest absolute Gasteiger partial charge is 0.238 e. The van der Waals surface area contributed by atoms with E-state index in [0.717, 1.165) is 11.1 Å². The lowest BCUT2D eigenvalue weighted by Crippen LogP contribution is -2.27. The summed E-state index contributed by atoms with van der Waals surface area (Å²) in [7, 11) is 0. The molecule has 0 atom stereocenters. The van der Waals surface area contributed by atoms with Crippen LogP contribution in [0.25, 0.3) is 0 Å². The van der Waals surface area contributed by atoms with Gasteiger partial charge in [0.1, 0.15) is 0 Å². The zero-order valence-corrected chi connectivity index (χ0v) is 13.0. The number of nitrogens with one attached hydrogen (secondary N) is 2. The van der Waals surface area contributed by atoms with Gasteiger partial charge in [0, 0.05) is 17.3 Å². The molecule has 2 rings (SSSR count). The Morgan fingerprint density at radius 1 is 1.10 bits per heavy atom. The van der Waals surface area contributed by atoms with Crippen LogP contribution in [-0.4, -0.2) is 12.5 Å². The highest BCUT2D eigenvalue weighted by atomic mass is 35.5. The zero-order chi connectivity index (χ0) is 15.2. The van der Waals surface area contributed by atoms with E-state index in [1.807, 2.05) is 19.1 Å². The van der Waals surface area contributed by atoms with E-state index >= 15 is 0 Å². The van der Waals surface area contributed by atoms with Gasteiger partial charge in [0.05, 0.1) is 6.54 Å². The van der Waals surface area contributed by atoms with Gasteiger partial charge in [0.25, 0.3) is 0 Å². The highest BCUT2D eigenvalue weighted by Crippen LogP contribution is 2.19. The number of benzene rings is 2. The first-order valence-electron chi connectivity index (χ1n) is 6.87. The van der Waals surface area contributed by atoms with E-state index in [9.17, 15) is 4.79 Å². The normalized spacial score (nSPS) is 10.4. The van der Waals surface area contributed by atoms with Crippen molar-refractivity contribution in [2.45, 2.75) is 20.4 Å². The number of hydrogen-bond donors (Lipinski definition) is 2. The number of aryl methyl sites for hydroxylation is 2. The average molecular weight is 303 g/mol. The molecule has 0 bridgehead atoms. The zero-order valence-electron chi connectivity index (χ0n) is 12.2. The van der Waals surface area contributed by atoms with Crippen molar-refractivity contribution in [2.75, 3.05) is 11.9 Å². The van der Waals surface area contributed by atoms with Crippen LogP contribution in [0.15, 0.2) is 42.5 Å². The maximum Gasteiger partial charge on any atom is 0.238 e. The van der Waals surface area contributed by atoms with E-state index in [0.29, 0.717) is 17.3 Å². The summed E-state index contributed by atoms with van der Waals surface area (Å²) >= 11 is 6.03. The third-order valence-electron chi connectivity index (χ3n) is 3.19. The quantitative estimate of drug-likeness (QED) is 0.884. The number of amides is 1. The summed E-state index contributed by atoms with van der Waals surface area (Å²) in [5, 5.41) is 6.59. The molecule has 3 nitrogen and oxygen atoms in total. The largest absolute Gasteiger partial charge is 0.325 e. The van der Waals surface area contributed by atoms with E-state index in [1.165, 1.54) is 5.56 Å². The molecule has 1 amide bonds. The summed E-state index contributed by atoms with van der Waals surface area (Å²) in [6, 6.07) is 13.7. The van der Waals surface area contributed by atoms with Crippen molar-refractivity contribution in [3.63, 3.8) is 0 Å². The Bertz CT molecular complexity index is 623. The van der Waals surface area contributed by atoms with Crippen LogP contribution in [0.2, 0.25) is 5.02 Å². The van der Waals surface area contributed by atoms with Crippen LogP contribution in [-0.2, 0) is 11.3 Å². The third-order valence-corrected chi connectivity index (χ3v) is 3.60. The molecule has 0 aliphatic heterocycles. The summed E-state index contributed by atoms with van der Waals surface area (Å²) < 4.78 is 0. The van der Waals surface area contributed by atoms with Crippen molar-refractivity contribution in [2.24, 2.45) is 0 Å². The molecule has 0 fully saturated rings. The lowest BCUT2D eigenvalue weighted by Gasteiger charge is -2.08. The number of anilines is 1. The van der Waals surface area contributed by atoms with E-state index in [2.05, 4.69) is 41.8 Å². The lowest BCUT2D eigenvalue weighted by atomic mass is 10.1. The van der Waals surface area contributed by atoms with Gasteiger partial charge in [-0.3, -0.25) is 4.79 Å². The fraction of sp³-hybridized carbons (Fsp3) is 0.235. The van der Waals surface area contributed by atoms with Gasteiger partial charge < -0.3 is 10.6 Å². The molecular weight excluding hydrogens is 284 g/mol. The Labute approximate surface area is 130 Å². The summed E-state index contributed by atoms with van der Waals surface area (Å²) in [5.41, 5.74) is 4.10. The summed E-state index contributed by atoms with van der Waals surface area (Å²) in [6.45, 7) is 4.91. The Balaban J connectivity index is 1.79. The number of carbonyl (C=O) groups excluding carboxylic acids is 1. The molecule has 0 aliphatic rings. The van der Waals surface area contributed by atoms with Crippen LogP contribution in [0, 0.1) is 13.8 Å². The molecule has 110 valence electrons. The molecule has 0 aromatic heterocycles. The highest BCUT2D eigenvalue weighted by molar-refractivity contribution is 6.31.